The lowest BCUT2D eigenvalue weighted by Crippen LogP contribution is -2.23. The third kappa shape index (κ3) is 3.44. The first-order valence-corrected chi connectivity index (χ1v) is 8.87. The number of benzene rings is 3. The van der Waals surface area contributed by atoms with E-state index >= 15 is 0 Å². The smallest absolute Gasteiger partial charge is 0.239 e. The molecular weight excluding hydrogens is 329 g/mol. The highest BCUT2D eigenvalue weighted by atomic mass is 32.2. The predicted molar refractivity (Wildman–Crippen MR) is 91.0 cm³/mol. The summed E-state index contributed by atoms with van der Waals surface area (Å²) < 4.78 is 37.3. The molecule has 0 saturated heterocycles. The van der Waals surface area contributed by atoms with Gasteiger partial charge in [-0.2, -0.15) is 0 Å². The zero-order valence-electron chi connectivity index (χ0n) is 12.6. The Labute approximate surface area is 138 Å². The van der Waals surface area contributed by atoms with Crippen LogP contribution < -0.4 is 5.32 Å². The Morgan fingerprint density at radius 3 is 2.33 bits per heavy atom. The summed E-state index contributed by atoms with van der Waals surface area (Å²) in [5.74, 6) is -1.88. The molecule has 1 amide bonds. The van der Waals surface area contributed by atoms with Gasteiger partial charge >= 0.3 is 0 Å². The van der Waals surface area contributed by atoms with Crippen molar-refractivity contribution in [2.45, 2.75) is 4.90 Å². The number of rotatable bonds is 4. The molecule has 0 heterocycles. The fraction of sp³-hybridized carbons (Fsp3) is 0.0556. The van der Waals surface area contributed by atoms with E-state index in [4.69, 9.17) is 0 Å². The molecule has 6 heteroatoms. The van der Waals surface area contributed by atoms with Crippen molar-refractivity contribution < 1.29 is 17.6 Å². The van der Waals surface area contributed by atoms with Gasteiger partial charge in [0.05, 0.1) is 4.90 Å². The van der Waals surface area contributed by atoms with Crippen LogP contribution in [0.1, 0.15) is 0 Å². The lowest BCUT2D eigenvalue weighted by atomic mass is 10.1. The molecule has 122 valence electrons. The highest BCUT2D eigenvalue weighted by Crippen LogP contribution is 2.23. The average molecular weight is 343 g/mol. The summed E-state index contributed by atoms with van der Waals surface area (Å²) in [6, 6.07) is 17.3. The van der Waals surface area contributed by atoms with Crippen LogP contribution in [0.3, 0.4) is 0 Å². The highest BCUT2D eigenvalue weighted by Gasteiger charge is 2.19. The van der Waals surface area contributed by atoms with Crippen LogP contribution in [0, 0.1) is 5.82 Å². The maximum Gasteiger partial charge on any atom is 0.239 e. The van der Waals surface area contributed by atoms with Crippen molar-refractivity contribution in [3.63, 3.8) is 0 Å². The van der Waals surface area contributed by atoms with Crippen LogP contribution >= 0.6 is 0 Å². The third-order valence-corrected chi connectivity index (χ3v) is 5.19. The molecule has 1 N–H and O–H groups in total. The molecule has 4 nitrogen and oxygen atoms in total. The van der Waals surface area contributed by atoms with Gasteiger partial charge in [-0.1, -0.05) is 36.4 Å². The minimum Gasteiger partial charge on any atom is -0.325 e. The van der Waals surface area contributed by atoms with Gasteiger partial charge in [0.15, 0.2) is 9.84 Å². The van der Waals surface area contributed by atoms with E-state index in [-0.39, 0.29) is 4.90 Å². The first-order chi connectivity index (χ1) is 11.5. The van der Waals surface area contributed by atoms with Crippen molar-refractivity contribution in [1.29, 1.82) is 0 Å². The van der Waals surface area contributed by atoms with Crippen LogP contribution in [0.5, 0.6) is 0 Å². The van der Waals surface area contributed by atoms with E-state index in [2.05, 4.69) is 5.32 Å². The predicted octanol–water partition coefficient (Wildman–Crippen LogP) is 3.39. The van der Waals surface area contributed by atoms with Gasteiger partial charge in [-0.15, -0.1) is 0 Å². The summed E-state index contributed by atoms with van der Waals surface area (Å²) in [5, 5.41) is 4.40. The molecule has 0 fully saturated rings. The standard InChI is InChI=1S/C18H14FNO3S/c19-14-8-10-15(11-9-14)24(22,23)12-18(21)20-17-7-3-5-13-4-1-2-6-16(13)17/h1-11H,12H2,(H,20,21). The Bertz CT molecular complexity index is 993. The van der Waals surface area contributed by atoms with Gasteiger partial charge in [0, 0.05) is 11.1 Å². The van der Waals surface area contributed by atoms with Crippen LogP contribution in [0.2, 0.25) is 0 Å². The number of amides is 1. The van der Waals surface area contributed by atoms with Gasteiger partial charge in [0.1, 0.15) is 11.6 Å². The van der Waals surface area contributed by atoms with Crippen molar-refractivity contribution in [3.8, 4) is 0 Å². The number of hydrogen-bond donors (Lipinski definition) is 1. The molecular formula is C18H14FNO3S. The highest BCUT2D eigenvalue weighted by molar-refractivity contribution is 7.92. The molecule has 0 aliphatic rings. The van der Waals surface area contributed by atoms with E-state index < -0.39 is 27.3 Å². The van der Waals surface area contributed by atoms with Crippen molar-refractivity contribution in [2.24, 2.45) is 0 Å². The fourth-order valence-electron chi connectivity index (χ4n) is 2.42. The van der Waals surface area contributed by atoms with Gasteiger partial charge < -0.3 is 5.32 Å². The lowest BCUT2D eigenvalue weighted by Gasteiger charge is -2.09. The summed E-state index contributed by atoms with van der Waals surface area (Å²) in [5.41, 5.74) is 0.549. The monoisotopic (exact) mass is 343 g/mol. The van der Waals surface area contributed by atoms with E-state index in [0.29, 0.717) is 5.69 Å². The number of sulfone groups is 1. The Morgan fingerprint density at radius 1 is 0.917 bits per heavy atom. The Morgan fingerprint density at radius 2 is 1.58 bits per heavy atom. The quantitative estimate of drug-likeness (QED) is 0.739. The first-order valence-electron chi connectivity index (χ1n) is 7.22. The summed E-state index contributed by atoms with van der Waals surface area (Å²) in [6.45, 7) is 0. The van der Waals surface area contributed by atoms with Crippen molar-refractivity contribution in [1.82, 2.24) is 0 Å². The van der Waals surface area contributed by atoms with E-state index in [0.717, 1.165) is 35.0 Å². The molecule has 3 aromatic rings. The first kappa shape index (κ1) is 16.1. The van der Waals surface area contributed by atoms with Gasteiger partial charge in [0.2, 0.25) is 5.91 Å². The summed E-state index contributed by atoms with van der Waals surface area (Å²) >= 11 is 0. The molecule has 0 aromatic heterocycles. The molecule has 0 unspecified atom stereocenters. The largest absolute Gasteiger partial charge is 0.325 e. The zero-order chi connectivity index (χ0) is 17.2. The normalized spacial score (nSPS) is 11.4. The van der Waals surface area contributed by atoms with Gasteiger partial charge in [-0.3, -0.25) is 4.79 Å². The summed E-state index contributed by atoms with van der Waals surface area (Å²) in [4.78, 5) is 12.1. The van der Waals surface area contributed by atoms with Crippen LogP contribution in [0.25, 0.3) is 10.8 Å². The summed E-state index contributed by atoms with van der Waals surface area (Å²) in [7, 11) is -3.83. The van der Waals surface area contributed by atoms with Crippen LogP contribution in [-0.2, 0) is 14.6 Å². The lowest BCUT2D eigenvalue weighted by molar-refractivity contribution is -0.113. The number of anilines is 1. The van der Waals surface area contributed by atoms with Crippen molar-refractivity contribution in [3.05, 3.63) is 72.5 Å². The third-order valence-electron chi connectivity index (χ3n) is 3.56. The molecule has 3 rings (SSSR count). The van der Waals surface area contributed by atoms with E-state index in [1.807, 2.05) is 30.3 Å². The average Bonchev–Trinajstić information content (AvgIpc) is 2.55. The van der Waals surface area contributed by atoms with E-state index in [1.54, 1.807) is 12.1 Å². The number of carbonyl (C=O) groups excluding carboxylic acids is 1. The Kier molecular flexibility index (Phi) is 4.31. The fourth-order valence-corrected chi connectivity index (χ4v) is 3.55. The molecule has 0 aliphatic heterocycles. The number of fused-ring (bicyclic) bond motifs is 1. The topological polar surface area (TPSA) is 63.2 Å². The number of hydrogen-bond acceptors (Lipinski definition) is 3. The molecule has 0 bridgehead atoms. The summed E-state index contributed by atoms with van der Waals surface area (Å²) in [6.07, 6.45) is 0. The van der Waals surface area contributed by atoms with Crippen molar-refractivity contribution >= 4 is 32.2 Å². The maximum atomic E-state index is 12.9. The Balaban J connectivity index is 1.81. The van der Waals surface area contributed by atoms with E-state index in [9.17, 15) is 17.6 Å². The second kappa shape index (κ2) is 6.41. The van der Waals surface area contributed by atoms with Gasteiger partial charge in [0.25, 0.3) is 0 Å². The van der Waals surface area contributed by atoms with Crippen LogP contribution in [-0.4, -0.2) is 20.1 Å². The van der Waals surface area contributed by atoms with Crippen LogP contribution in [0.4, 0.5) is 10.1 Å². The van der Waals surface area contributed by atoms with Crippen molar-refractivity contribution in [2.75, 3.05) is 11.1 Å². The van der Waals surface area contributed by atoms with E-state index in [1.165, 1.54) is 0 Å². The zero-order valence-corrected chi connectivity index (χ0v) is 13.4. The number of halogens is 1. The second-order valence-electron chi connectivity index (χ2n) is 5.29. The SMILES string of the molecule is O=C(CS(=O)(=O)c1ccc(F)cc1)Nc1cccc2ccccc12. The molecule has 3 aromatic carbocycles. The maximum absolute atomic E-state index is 12.9. The Hall–Kier alpha value is -2.73. The number of carbonyl (C=O) groups is 1. The molecule has 24 heavy (non-hydrogen) atoms. The molecule has 0 spiro atoms. The van der Waals surface area contributed by atoms with Crippen LogP contribution in [0.15, 0.2) is 71.6 Å². The molecule has 0 radical (unpaired) electrons. The minimum absolute atomic E-state index is 0.0861. The second-order valence-corrected chi connectivity index (χ2v) is 7.28. The minimum atomic E-state index is -3.83. The number of nitrogens with one attached hydrogen (secondary N) is 1. The molecule has 0 aliphatic carbocycles. The van der Waals surface area contributed by atoms with Gasteiger partial charge in [-0.25, -0.2) is 12.8 Å². The van der Waals surface area contributed by atoms with Gasteiger partial charge in [-0.05, 0) is 35.7 Å². The molecule has 0 atom stereocenters. The molecule has 0 saturated carbocycles.